The first-order chi connectivity index (χ1) is 22.1. The quantitative estimate of drug-likeness (QED) is 0.113. The van der Waals surface area contributed by atoms with Crippen LogP contribution in [0.1, 0.15) is 94.9 Å². The van der Waals surface area contributed by atoms with Gasteiger partial charge in [-0.05, 0) is 94.1 Å². The molecule has 0 heterocycles. The number of hydrogen-bond acceptors (Lipinski definition) is 9. The third kappa shape index (κ3) is 11.4. The fraction of sp³-hybridized carbons (Fsp3) is 0.324. The van der Waals surface area contributed by atoms with E-state index in [1.807, 2.05) is 0 Å². The van der Waals surface area contributed by atoms with Crippen molar-refractivity contribution < 1.29 is 47.9 Å². The van der Waals surface area contributed by atoms with E-state index in [2.05, 4.69) is 0 Å². The van der Waals surface area contributed by atoms with E-state index in [0.29, 0.717) is 33.8 Å². The lowest BCUT2D eigenvalue weighted by molar-refractivity contribution is 0.00417. The molecule has 0 aliphatic rings. The number of rotatable bonds is 13. The highest BCUT2D eigenvalue weighted by atomic mass is 16.7. The monoisotopic (exact) mass is 646 g/mol. The predicted molar refractivity (Wildman–Crippen MR) is 179 cm³/mol. The minimum absolute atomic E-state index is 0.0389. The number of carbonyl (C=O) groups is 3. The Kier molecular flexibility index (Phi) is 12.5. The Morgan fingerprint density at radius 1 is 0.596 bits per heavy atom. The van der Waals surface area contributed by atoms with Crippen molar-refractivity contribution in [3.05, 3.63) is 93.5 Å². The van der Waals surface area contributed by atoms with E-state index in [0.717, 1.165) is 0 Å². The molecule has 0 saturated heterocycles. The SMILES string of the molecule is COCOc1ccc(/C=C/c2ccc(/C=C/c3ccc(OCOC)c(C(=O)OC(C)(C)C)c3)c(C(=O)O)c2)cc1C(=O)OC(C)(C)C. The summed E-state index contributed by atoms with van der Waals surface area (Å²) in [6.45, 7) is 10.6. The van der Waals surface area contributed by atoms with Crippen LogP contribution >= 0.6 is 0 Å². The fourth-order valence-corrected chi connectivity index (χ4v) is 4.17. The summed E-state index contributed by atoms with van der Waals surface area (Å²) >= 11 is 0. The van der Waals surface area contributed by atoms with E-state index in [1.54, 1.807) is 120 Å². The molecule has 0 atom stereocenters. The van der Waals surface area contributed by atoms with Crippen LogP contribution in [-0.4, -0.2) is 62.0 Å². The van der Waals surface area contributed by atoms with Gasteiger partial charge in [0.25, 0.3) is 0 Å². The van der Waals surface area contributed by atoms with Crippen LogP contribution in [0.25, 0.3) is 24.3 Å². The summed E-state index contributed by atoms with van der Waals surface area (Å²) in [5, 5.41) is 9.99. The molecule has 3 rings (SSSR count). The normalized spacial score (nSPS) is 11.9. The molecule has 0 spiro atoms. The Labute approximate surface area is 275 Å². The van der Waals surface area contributed by atoms with Crippen LogP contribution < -0.4 is 9.47 Å². The first-order valence-electron chi connectivity index (χ1n) is 14.8. The fourth-order valence-electron chi connectivity index (χ4n) is 4.17. The van der Waals surface area contributed by atoms with E-state index < -0.39 is 29.1 Å². The molecule has 0 unspecified atom stereocenters. The van der Waals surface area contributed by atoms with Crippen molar-refractivity contribution in [3.63, 3.8) is 0 Å². The average molecular weight is 647 g/mol. The van der Waals surface area contributed by atoms with Crippen molar-refractivity contribution in [1.82, 2.24) is 0 Å². The molecule has 3 aromatic rings. The van der Waals surface area contributed by atoms with Crippen LogP contribution in [0.3, 0.4) is 0 Å². The van der Waals surface area contributed by atoms with Gasteiger partial charge < -0.3 is 33.5 Å². The van der Waals surface area contributed by atoms with Crippen molar-refractivity contribution >= 4 is 42.2 Å². The number of carboxylic acid groups (broad SMARTS) is 1. The maximum atomic E-state index is 12.9. The third-order valence-corrected chi connectivity index (χ3v) is 6.14. The van der Waals surface area contributed by atoms with Gasteiger partial charge in [-0.25, -0.2) is 14.4 Å². The highest BCUT2D eigenvalue weighted by Crippen LogP contribution is 2.27. The molecule has 0 fully saturated rings. The first kappa shape index (κ1) is 36.5. The van der Waals surface area contributed by atoms with Crippen molar-refractivity contribution in [2.45, 2.75) is 52.7 Å². The van der Waals surface area contributed by atoms with Gasteiger partial charge in [-0.2, -0.15) is 0 Å². The highest BCUT2D eigenvalue weighted by molar-refractivity contribution is 5.96. The standard InChI is InChI=1S/C37H42O10/c1-36(2,3)46-34(40)29-20-25(13-17-31(29)44-22-42-7)10-9-24-11-15-27(28(19-24)33(38)39)16-12-26-14-18-32(45-23-43-8)30(21-26)35(41)47-37(4,5)6/h9-21H,22-23H2,1-8H3,(H,38,39)/b10-9+,16-12+. The summed E-state index contributed by atoms with van der Waals surface area (Å²) in [5.74, 6) is -1.59. The number of esters is 2. The van der Waals surface area contributed by atoms with E-state index in [1.165, 1.54) is 14.2 Å². The zero-order valence-electron chi connectivity index (χ0n) is 28.0. The maximum Gasteiger partial charge on any atom is 0.342 e. The molecule has 0 amide bonds. The molecule has 0 radical (unpaired) electrons. The van der Waals surface area contributed by atoms with Crippen molar-refractivity contribution in [2.75, 3.05) is 27.8 Å². The van der Waals surface area contributed by atoms with Crippen molar-refractivity contribution in [2.24, 2.45) is 0 Å². The Morgan fingerprint density at radius 3 is 1.36 bits per heavy atom. The Balaban J connectivity index is 1.90. The topological polar surface area (TPSA) is 127 Å². The minimum Gasteiger partial charge on any atom is -0.478 e. The van der Waals surface area contributed by atoms with Gasteiger partial charge in [-0.15, -0.1) is 0 Å². The lowest BCUT2D eigenvalue weighted by atomic mass is 10.0. The molecule has 0 aliphatic heterocycles. The molecule has 3 aromatic carbocycles. The minimum atomic E-state index is -1.11. The lowest BCUT2D eigenvalue weighted by Crippen LogP contribution is -2.24. The van der Waals surface area contributed by atoms with Crippen molar-refractivity contribution in [3.8, 4) is 11.5 Å². The number of ether oxygens (including phenoxy) is 6. The summed E-state index contributed by atoms with van der Waals surface area (Å²) in [4.78, 5) is 38.0. The molecule has 0 aromatic heterocycles. The van der Waals surface area contributed by atoms with E-state index in [9.17, 15) is 19.5 Å². The van der Waals surface area contributed by atoms with Crippen molar-refractivity contribution in [1.29, 1.82) is 0 Å². The van der Waals surface area contributed by atoms with Crippen LogP contribution in [0, 0.1) is 0 Å². The van der Waals surface area contributed by atoms with Gasteiger partial charge in [0.1, 0.15) is 33.8 Å². The number of aromatic carboxylic acids is 1. The van der Waals surface area contributed by atoms with Gasteiger partial charge in [0.15, 0.2) is 13.6 Å². The maximum absolute atomic E-state index is 12.9. The number of carbonyl (C=O) groups excluding carboxylic acids is 2. The molecule has 0 aliphatic carbocycles. The molecule has 1 N–H and O–H groups in total. The first-order valence-corrected chi connectivity index (χ1v) is 14.8. The second-order valence-corrected chi connectivity index (χ2v) is 12.4. The Bertz CT molecular complexity index is 1640. The third-order valence-electron chi connectivity index (χ3n) is 6.14. The second kappa shape index (κ2) is 16.1. The highest BCUT2D eigenvalue weighted by Gasteiger charge is 2.23. The molecule has 250 valence electrons. The van der Waals surface area contributed by atoms with Crippen LogP contribution in [0.15, 0.2) is 54.6 Å². The Morgan fingerprint density at radius 2 is 0.979 bits per heavy atom. The molecule has 47 heavy (non-hydrogen) atoms. The molecule has 10 heteroatoms. The lowest BCUT2D eigenvalue weighted by Gasteiger charge is -2.20. The predicted octanol–water partition coefficient (Wildman–Crippen LogP) is 7.60. The Hall–Kier alpha value is -4.93. The van der Waals surface area contributed by atoms with Gasteiger partial charge in [-0.3, -0.25) is 0 Å². The van der Waals surface area contributed by atoms with Gasteiger partial charge in [0.2, 0.25) is 0 Å². The summed E-state index contributed by atoms with van der Waals surface area (Å²) < 4.78 is 32.1. The number of methoxy groups -OCH3 is 2. The molecule has 0 bridgehead atoms. The van der Waals surface area contributed by atoms with E-state index in [-0.39, 0.29) is 30.3 Å². The average Bonchev–Trinajstić information content (AvgIpc) is 2.99. The van der Waals surface area contributed by atoms with E-state index in [4.69, 9.17) is 28.4 Å². The zero-order valence-corrected chi connectivity index (χ0v) is 28.0. The zero-order chi connectivity index (χ0) is 34.8. The van der Waals surface area contributed by atoms with Gasteiger partial charge in [-0.1, -0.05) is 48.6 Å². The second-order valence-electron chi connectivity index (χ2n) is 12.4. The summed E-state index contributed by atoms with van der Waals surface area (Å²) in [5.41, 5.74) is 1.51. The number of carboxylic acids is 1. The van der Waals surface area contributed by atoms with Gasteiger partial charge in [0, 0.05) is 14.2 Å². The van der Waals surface area contributed by atoms with Crippen LogP contribution in [-0.2, 0) is 18.9 Å². The summed E-state index contributed by atoms with van der Waals surface area (Å²) in [6.07, 6.45) is 6.87. The molecular weight excluding hydrogens is 604 g/mol. The number of hydrogen-bond donors (Lipinski definition) is 1. The summed E-state index contributed by atoms with van der Waals surface area (Å²) in [7, 11) is 2.96. The van der Waals surface area contributed by atoms with Crippen LogP contribution in [0.5, 0.6) is 11.5 Å². The van der Waals surface area contributed by atoms with E-state index >= 15 is 0 Å². The molecule has 0 saturated carbocycles. The largest absolute Gasteiger partial charge is 0.478 e. The summed E-state index contributed by atoms with van der Waals surface area (Å²) in [6, 6.07) is 15.1. The van der Waals surface area contributed by atoms with Crippen LogP contribution in [0.2, 0.25) is 0 Å². The van der Waals surface area contributed by atoms with Gasteiger partial charge >= 0.3 is 17.9 Å². The van der Waals surface area contributed by atoms with Gasteiger partial charge in [0.05, 0.1) is 5.56 Å². The smallest absolute Gasteiger partial charge is 0.342 e. The molecular formula is C37H42O10. The van der Waals surface area contributed by atoms with Crippen LogP contribution in [0.4, 0.5) is 0 Å². The number of benzene rings is 3. The molecule has 10 nitrogen and oxygen atoms in total.